The molecule has 1 aliphatic heterocycles. The molecule has 7 heteroatoms. The van der Waals surface area contributed by atoms with Gasteiger partial charge in [-0.3, -0.25) is 4.79 Å². The van der Waals surface area contributed by atoms with Crippen molar-refractivity contribution in [2.75, 3.05) is 12.9 Å². The second-order valence-corrected chi connectivity index (χ2v) is 7.14. The number of ether oxygens (including phenoxy) is 1. The summed E-state index contributed by atoms with van der Waals surface area (Å²) in [4.78, 5) is 23.4. The van der Waals surface area contributed by atoms with E-state index in [2.05, 4.69) is 11.3 Å². The predicted octanol–water partition coefficient (Wildman–Crippen LogP) is 1.00. The highest BCUT2D eigenvalue weighted by Crippen LogP contribution is 2.36. The Morgan fingerprint density at radius 3 is 2.86 bits per heavy atom. The normalized spacial score (nSPS) is 26.9. The second-order valence-electron chi connectivity index (χ2n) is 5.30. The molecule has 0 radical (unpaired) electrons. The molecule has 2 unspecified atom stereocenters. The van der Waals surface area contributed by atoms with Crippen LogP contribution in [-0.2, 0) is 24.3 Å². The van der Waals surface area contributed by atoms with Crippen LogP contribution in [0.25, 0.3) is 0 Å². The van der Waals surface area contributed by atoms with Crippen molar-refractivity contribution in [1.29, 1.82) is 0 Å². The number of hydrogen-bond acceptors (Lipinski definition) is 5. The Kier molecular flexibility index (Phi) is 4.51. The van der Waals surface area contributed by atoms with Gasteiger partial charge in [0.1, 0.15) is 5.75 Å². The lowest BCUT2D eigenvalue weighted by Gasteiger charge is -2.45. The van der Waals surface area contributed by atoms with E-state index in [9.17, 15) is 18.0 Å². The van der Waals surface area contributed by atoms with E-state index < -0.39 is 27.8 Å². The van der Waals surface area contributed by atoms with Gasteiger partial charge in [0, 0.05) is 5.57 Å². The monoisotopic (exact) mass is 313 g/mol. The minimum atomic E-state index is -3.89. The minimum absolute atomic E-state index is 0.177. The molecule has 21 heavy (non-hydrogen) atoms. The van der Waals surface area contributed by atoms with E-state index in [1.807, 2.05) is 6.08 Å². The molecule has 0 saturated carbocycles. The first-order valence-electron chi connectivity index (χ1n) is 6.87. The molecular formula is C14H19NO5S. The first-order valence-corrected chi connectivity index (χ1v) is 8.48. The van der Waals surface area contributed by atoms with Crippen LogP contribution in [0.1, 0.15) is 25.7 Å². The number of sulfonamides is 1. The van der Waals surface area contributed by atoms with Gasteiger partial charge in [-0.15, -0.1) is 0 Å². The summed E-state index contributed by atoms with van der Waals surface area (Å²) in [6.07, 6.45) is 7.22. The van der Waals surface area contributed by atoms with Crippen molar-refractivity contribution in [2.45, 2.75) is 31.7 Å². The molecule has 1 heterocycles. The van der Waals surface area contributed by atoms with E-state index in [1.54, 1.807) is 6.08 Å². The molecule has 2 atom stereocenters. The van der Waals surface area contributed by atoms with Crippen LogP contribution in [0.3, 0.4) is 0 Å². The highest BCUT2D eigenvalue weighted by atomic mass is 32.2. The van der Waals surface area contributed by atoms with Crippen LogP contribution < -0.4 is 0 Å². The SMILES string of the molecule is C=C(CS(=O)(=O)N1C(=O)C2CCCC/C=C\C21)C(=O)OC. The van der Waals surface area contributed by atoms with Gasteiger partial charge in [-0.05, 0) is 19.3 Å². The van der Waals surface area contributed by atoms with Gasteiger partial charge in [-0.2, -0.15) is 0 Å². The Hall–Kier alpha value is -1.63. The highest BCUT2D eigenvalue weighted by molar-refractivity contribution is 7.90. The van der Waals surface area contributed by atoms with Crippen molar-refractivity contribution in [3.8, 4) is 0 Å². The highest BCUT2D eigenvalue weighted by Gasteiger charge is 2.51. The summed E-state index contributed by atoms with van der Waals surface area (Å²) < 4.78 is 29.9. The Morgan fingerprint density at radius 2 is 2.19 bits per heavy atom. The van der Waals surface area contributed by atoms with Crippen molar-refractivity contribution in [1.82, 2.24) is 4.31 Å². The maximum Gasteiger partial charge on any atom is 0.334 e. The standard InChI is InChI=1S/C14H19NO5S/c1-10(14(17)20-2)9-21(18,19)15-12-8-6-4-3-5-7-11(12)13(15)16/h6,8,11-12H,1,3-5,7,9H2,2H3/b8-6-. The topological polar surface area (TPSA) is 80.8 Å². The number of hydrogen-bond donors (Lipinski definition) is 0. The van der Waals surface area contributed by atoms with Crippen LogP contribution in [0.2, 0.25) is 0 Å². The molecule has 1 fully saturated rings. The summed E-state index contributed by atoms with van der Waals surface area (Å²) in [5, 5.41) is 0. The fourth-order valence-electron chi connectivity index (χ4n) is 2.72. The number of carbonyl (C=O) groups excluding carboxylic acids is 2. The zero-order valence-electron chi connectivity index (χ0n) is 11.9. The van der Waals surface area contributed by atoms with Crippen molar-refractivity contribution in [2.24, 2.45) is 5.92 Å². The van der Waals surface area contributed by atoms with Gasteiger partial charge in [-0.25, -0.2) is 17.5 Å². The zero-order chi connectivity index (χ0) is 15.6. The maximum atomic E-state index is 12.3. The number of allylic oxidation sites excluding steroid dienone is 1. The average molecular weight is 313 g/mol. The molecule has 1 aliphatic carbocycles. The number of methoxy groups -OCH3 is 1. The fourth-order valence-corrected chi connectivity index (χ4v) is 4.42. The number of fused-ring (bicyclic) bond motifs is 1. The Labute approximate surface area is 124 Å². The van der Waals surface area contributed by atoms with E-state index in [4.69, 9.17) is 0 Å². The molecule has 0 aromatic carbocycles. The van der Waals surface area contributed by atoms with Crippen LogP contribution in [0.5, 0.6) is 0 Å². The summed E-state index contributed by atoms with van der Waals surface area (Å²) >= 11 is 0. The summed E-state index contributed by atoms with van der Waals surface area (Å²) in [5.74, 6) is -2.02. The van der Waals surface area contributed by atoms with Gasteiger partial charge in [0.05, 0.1) is 19.1 Å². The maximum absolute atomic E-state index is 12.3. The van der Waals surface area contributed by atoms with Gasteiger partial charge < -0.3 is 4.74 Å². The van der Waals surface area contributed by atoms with E-state index in [-0.39, 0.29) is 17.4 Å². The largest absolute Gasteiger partial charge is 0.466 e. The molecule has 2 rings (SSSR count). The Balaban J connectivity index is 2.16. The summed E-state index contributed by atoms with van der Waals surface area (Å²) in [5.41, 5.74) is -0.177. The van der Waals surface area contributed by atoms with E-state index in [1.165, 1.54) is 0 Å². The lowest BCUT2D eigenvalue weighted by Crippen LogP contribution is -2.62. The second kappa shape index (κ2) is 6.01. The van der Waals surface area contributed by atoms with Crippen LogP contribution >= 0.6 is 0 Å². The first-order chi connectivity index (χ1) is 9.88. The fraction of sp³-hybridized carbons (Fsp3) is 0.571. The van der Waals surface area contributed by atoms with Crippen LogP contribution in [-0.4, -0.2) is 43.5 Å². The molecule has 0 bridgehead atoms. The summed E-state index contributed by atoms with van der Waals surface area (Å²) in [7, 11) is -2.74. The number of carbonyl (C=O) groups is 2. The van der Waals surface area contributed by atoms with Crippen molar-refractivity contribution < 1.29 is 22.7 Å². The zero-order valence-corrected chi connectivity index (χ0v) is 12.8. The molecule has 1 amide bonds. The lowest BCUT2D eigenvalue weighted by molar-refractivity contribution is -0.144. The van der Waals surface area contributed by atoms with Gasteiger partial charge in [-0.1, -0.05) is 25.2 Å². The van der Waals surface area contributed by atoms with E-state index in [0.29, 0.717) is 6.42 Å². The number of amides is 1. The lowest BCUT2D eigenvalue weighted by atomic mass is 9.84. The van der Waals surface area contributed by atoms with Crippen molar-refractivity contribution >= 4 is 21.9 Å². The number of nitrogens with zero attached hydrogens (tertiary/aromatic N) is 1. The van der Waals surface area contributed by atoms with Crippen molar-refractivity contribution in [3.63, 3.8) is 0 Å². The Morgan fingerprint density at radius 1 is 1.48 bits per heavy atom. The molecule has 0 aromatic heterocycles. The molecule has 6 nitrogen and oxygen atoms in total. The van der Waals surface area contributed by atoms with E-state index in [0.717, 1.165) is 30.7 Å². The van der Waals surface area contributed by atoms with Gasteiger partial charge in [0.15, 0.2) is 0 Å². The number of esters is 1. The summed E-state index contributed by atoms with van der Waals surface area (Å²) in [6, 6.07) is -0.423. The smallest absolute Gasteiger partial charge is 0.334 e. The third kappa shape index (κ3) is 3.02. The van der Waals surface area contributed by atoms with Crippen molar-refractivity contribution in [3.05, 3.63) is 24.3 Å². The minimum Gasteiger partial charge on any atom is -0.466 e. The van der Waals surface area contributed by atoms with E-state index >= 15 is 0 Å². The molecule has 2 aliphatic rings. The third-order valence-corrected chi connectivity index (χ3v) is 5.55. The van der Waals surface area contributed by atoms with Crippen LogP contribution in [0, 0.1) is 5.92 Å². The van der Waals surface area contributed by atoms with Gasteiger partial charge in [0.25, 0.3) is 0 Å². The van der Waals surface area contributed by atoms with Crippen LogP contribution in [0.4, 0.5) is 0 Å². The molecule has 0 aromatic rings. The molecule has 116 valence electrons. The molecule has 1 saturated heterocycles. The third-order valence-electron chi connectivity index (χ3n) is 3.82. The average Bonchev–Trinajstić information content (AvgIpc) is 2.39. The molecule has 0 spiro atoms. The quantitative estimate of drug-likeness (QED) is 0.335. The number of β-lactam (4-membered cyclic amide) rings is 1. The number of rotatable bonds is 4. The molecule has 0 N–H and O–H groups in total. The van der Waals surface area contributed by atoms with Gasteiger partial charge in [0.2, 0.25) is 15.9 Å². The Bertz CT molecular complexity index is 592. The van der Waals surface area contributed by atoms with Crippen LogP contribution in [0.15, 0.2) is 24.3 Å². The molecular weight excluding hydrogens is 294 g/mol. The summed E-state index contributed by atoms with van der Waals surface area (Å²) in [6.45, 7) is 3.40. The first kappa shape index (κ1) is 15.8. The van der Waals surface area contributed by atoms with Gasteiger partial charge >= 0.3 is 5.97 Å². The predicted molar refractivity (Wildman–Crippen MR) is 76.7 cm³/mol.